The number of aliphatic hydroxyl groups excluding tert-OH is 1. The molecule has 0 saturated carbocycles. The van der Waals surface area contributed by atoms with Crippen molar-refractivity contribution in [3.05, 3.63) is 70.1 Å². The van der Waals surface area contributed by atoms with Gasteiger partial charge in [0.2, 0.25) is 0 Å². The molecule has 0 aliphatic carbocycles. The Morgan fingerprint density at radius 2 is 2.00 bits per heavy atom. The van der Waals surface area contributed by atoms with Crippen LogP contribution in [0.2, 0.25) is 5.02 Å². The third-order valence-corrected chi connectivity index (χ3v) is 6.59. The molecule has 5 rings (SSSR count). The molecule has 1 atom stereocenters. The van der Waals surface area contributed by atoms with Gasteiger partial charge >= 0.3 is 0 Å². The summed E-state index contributed by atoms with van der Waals surface area (Å²) in [7, 11) is 0. The summed E-state index contributed by atoms with van der Waals surface area (Å²) in [6, 6.07) is 12.1. The maximum atomic E-state index is 13.6. The highest BCUT2D eigenvalue weighted by Crippen LogP contribution is 2.26. The van der Waals surface area contributed by atoms with Gasteiger partial charge in [-0.3, -0.25) is 9.69 Å². The molecule has 0 spiro atoms. The smallest absolute Gasteiger partial charge is 0.274 e. The van der Waals surface area contributed by atoms with Crippen molar-refractivity contribution in [2.24, 2.45) is 0 Å². The maximum Gasteiger partial charge on any atom is 0.274 e. The summed E-state index contributed by atoms with van der Waals surface area (Å²) in [5.74, 6) is -0.0425. The van der Waals surface area contributed by atoms with Crippen molar-refractivity contribution < 1.29 is 9.90 Å². The van der Waals surface area contributed by atoms with Crippen LogP contribution in [0.3, 0.4) is 0 Å². The zero-order valence-corrected chi connectivity index (χ0v) is 17.6. The molecular formula is C23H25ClN4O2. The average molecular weight is 425 g/mol. The van der Waals surface area contributed by atoms with E-state index in [9.17, 15) is 9.90 Å². The minimum Gasteiger partial charge on any atom is -0.395 e. The van der Waals surface area contributed by atoms with Crippen molar-refractivity contribution in [3.63, 3.8) is 0 Å². The number of benzene rings is 1. The van der Waals surface area contributed by atoms with Crippen LogP contribution in [0.15, 0.2) is 42.6 Å². The fraction of sp³-hybridized carbons (Fsp3) is 0.391. The number of amides is 1. The molecule has 0 bridgehead atoms. The summed E-state index contributed by atoms with van der Waals surface area (Å²) in [6.45, 7) is 2.89. The molecule has 0 radical (unpaired) electrons. The SMILES string of the molecule is O=C(c1nc2ccc(Cl)cn2c1CN1CCC[C@H]1CO)N1CCc2ccccc2C1. The van der Waals surface area contributed by atoms with Crippen LogP contribution in [-0.2, 0) is 19.5 Å². The number of halogens is 1. The van der Waals surface area contributed by atoms with Gasteiger partial charge in [0.05, 0.1) is 17.3 Å². The summed E-state index contributed by atoms with van der Waals surface area (Å²) < 4.78 is 1.93. The number of aliphatic hydroxyl groups is 1. The standard InChI is InChI=1S/C23H25ClN4O2/c24-18-7-8-21-25-22(20(28(21)13-18)14-26-10-3-6-19(26)15-29)23(30)27-11-9-16-4-1-2-5-17(16)12-27/h1-2,4-5,7-8,13,19,29H,3,6,9-12,14-15H2/t19-/m0/s1. The van der Waals surface area contributed by atoms with E-state index < -0.39 is 0 Å². The zero-order chi connectivity index (χ0) is 20.7. The first-order valence-electron chi connectivity index (χ1n) is 10.5. The third kappa shape index (κ3) is 3.49. The van der Waals surface area contributed by atoms with Crippen molar-refractivity contribution in [1.29, 1.82) is 0 Å². The molecule has 156 valence electrons. The van der Waals surface area contributed by atoms with Crippen LogP contribution in [-0.4, -0.2) is 55.9 Å². The highest BCUT2D eigenvalue weighted by molar-refractivity contribution is 6.30. The Morgan fingerprint density at radius 3 is 2.83 bits per heavy atom. The molecule has 1 N–H and O–H groups in total. The van der Waals surface area contributed by atoms with E-state index in [4.69, 9.17) is 16.6 Å². The number of pyridine rings is 1. The van der Waals surface area contributed by atoms with E-state index in [1.807, 2.05) is 33.7 Å². The molecule has 1 aromatic carbocycles. The van der Waals surface area contributed by atoms with Crippen LogP contribution in [0.1, 0.15) is 40.2 Å². The van der Waals surface area contributed by atoms with Gasteiger partial charge in [0.25, 0.3) is 5.91 Å². The minimum absolute atomic E-state index is 0.0425. The van der Waals surface area contributed by atoms with E-state index >= 15 is 0 Å². The molecule has 2 aliphatic rings. The number of carbonyl (C=O) groups is 1. The molecule has 3 aromatic rings. The molecule has 1 saturated heterocycles. The number of fused-ring (bicyclic) bond motifs is 2. The molecule has 1 amide bonds. The molecular weight excluding hydrogens is 400 g/mol. The second-order valence-corrected chi connectivity index (χ2v) is 8.61. The molecule has 30 heavy (non-hydrogen) atoms. The van der Waals surface area contributed by atoms with Crippen molar-refractivity contribution in [1.82, 2.24) is 19.2 Å². The summed E-state index contributed by atoms with van der Waals surface area (Å²) in [5, 5.41) is 10.3. The minimum atomic E-state index is -0.0425. The first kappa shape index (κ1) is 19.5. The number of imidazole rings is 1. The second kappa shape index (κ2) is 8.02. The largest absolute Gasteiger partial charge is 0.395 e. The number of likely N-dealkylation sites (tertiary alicyclic amines) is 1. The number of carbonyl (C=O) groups excluding carboxylic acids is 1. The van der Waals surface area contributed by atoms with Gasteiger partial charge in [-0.25, -0.2) is 4.98 Å². The van der Waals surface area contributed by atoms with Crippen LogP contribution >= 0.6 is 11.6 Å². The molecule has 2 aliphatic heterocycles. The first-order chi connectivity index (χ1) is 14.6. The Bertz CT molecular complexity index is 1100. The predicted octanol–water partition coefficient (Wildman–Crippen LogP) is 3.14. The summed E-state index contributed by atoms with van der Waals surface area (Å²) >= 11 is 6.26. The average Bonchev–Trinajstić information content (AvgIpc) is 3.37. The predicted molar refractivity (Wildman–Crippen MR) is 116 cm³/mol. The quantitative estimate of drug-likeness (QED) is 0.699. The number of nitrogens with zero attached hydrogens (tertiary/aromatic N) is 4. The maximum absolute atomic E-state index is 13.6. The Balaban J connectivity index is 1.51. The van der Waals surface area contributed by atoms with E-state index in [0.29, 0.717) is 30.4 Å². The van der Waals surface area contributed by atoms with Crippen LogP contribution in [0.4, 0.5) is 0 Å². The van der Waals surface area contributed by atoms with Crippen LogP contribution in [0, 0.1) is 0 Å². The molecule has 6 nitrogen and oxygen atoms in total. The van der Waals surface area contributed by atoms with Crippen LogP contribution < -0.4 is 0 Å². The van der Waals surface area contributed by atoms with Crippen molar-refractivity contribution in [2.45, 2.75) is 38.4 Å². The van der Waals surface area contributed by atoms with E-state index in [2.05, 4.69) is 17.0 Å². The number of aromatic nitrogens is 2. The normalized spacial score (nSPS) is 19.4. The molecule has 0 unspecified atom stereocenters. The zero-order valence-electron chi connectivity index (χ0n) is 16.8. The van der Waals surface area contributed by atoms with Gasteiger partial charge in [-0.1, -0.05) is 35.9 Å². The fourth-order valence-corrected chi connectivity index (χ4v) is 4.87. The molecule has 7 heteroatoms. The lowest BCUT2D eigenvalue weighted by Gasteiger charge is -2.29. The molecule has 4 heterocycles. The Kier molecular flexibility index (Phi) is 5.23. The molecule has 1 fully saturated rings. The van der Waals surface area contributed by atoms with Crippen molar-refractivity contribution >= 4 is 23.2 Å². The Morgan fingerprint density at radius 1 is 1.17 bits per heavy atom. The fourth-order valence-electron chi connectivity index (χ4n) is 4.71. The van der Waals surface area contributed by atoms with Crippen molar-refractivity contribution in [3.8, 4) is 0 Å². The number of hydrogen-bond acceptors (Lipinski definition) is 4. The van der Waals surface area contributed by atoms with Gasteiger partial charge in [-0.2, -0.15) is 0 Å². The van der Waals surface area contributed by atoms with Gasteiger partial charge in [0.15, 0.2) is 5.69 Å². The third-order valence-electron chi connectivity index (χ3n) is 6.36. The first-order valence-corrected chi connectivity index (χ1v) is 10.9. The second-order valence-electron chi connectivity index (χ2n) is 8.18. The summed E-state index contributed by atoms with van der Waals surface area (Å²) in [6.07, 6.45) is 4.70. The number of hydrogen-bond donors (Lipinski definition) is 1. The number of rotatable bonds is 4. The van der Waals surface area contributed by atoms with Crippen molar-refractivity contribution in [2.75, 3.05) is 19.7 Å². The topological polar surface area (TPSA) is 61.1 Å². The van der Waals surface area contributed by atoms with Gasteiger partial charge in [-0.05, 0) is 49.1 Å². The Labute approximate surface area is 180 Å². The lowest BCUT2D eigenvalue weighted by Crippen LogP contribution is -2.37. The van der Waals surface area contributed by atoms with Crippen LogP contribution in [0.5, 0.6) is 0 Å². The van der Waals surface area contributed by atoms with E-state index in [-0.39, 0.29) is 18.6 Å². The van der Waals surface area contributed by atoms with Gasteiger partial charge in [-0.15, -0.1) is 0 Å². The summed E-state index contributed by atoms with van der Waals surface area (Å²) in [4.78, 5) is 22.4. The molecule has 2 aromatic heterocycles. The lowest BCUT2D eigenvalue weighted by atomic mass is 9.99. The van der Waals surface area contributed by atoms with E-state index in [1.165, 1.54) is 11.1 Å². The highest BCUT2D eigenvalue weighted by atomic mass is 35.5. The lowest BCUT2D eigenvalue weighted by molar-refractivity contribution is 0.0726. The Hall–Kier alpha value is -2.41. The van der Waals surface area contributed by atoms with Gasteiger partial charge in [0.1, 0.15) is 5.65 Å². The highest BCUT2D eigenvalue weighted by Gasteiger charge is 2.30. The van der Waals surface area contributed by atoms with Gasteiger partial charge < -0.3 is 14.4 Å². The van der Waals surface area contributed by atoms with Crippen LogP contribution in [0.25, 0.3) is 5.65 Å². The van der Waals surface area contributed by atoms with Gasteiger partial charge in [0, 0.05) is 31.9 Å². The summed E-state index contributed by atoms with van der Waals surface area (Å²) in [5.41, 5.74) is 4.56. The van der Waals surface area contributed by atoms with E-state index in [0.717, 1.165) is 37.1 Å². The monoisotopic (exact) mass is 424 g/mol. The van der Waals surface area contributed by atoms with E-state index in [1.54, 1.807) is 6.07 Å².